The summed E-state index contributed by atoms with van der Waals surface area (Å²) in [6, 6.07) is 2.17. The average molecular weight is 244 g/mol. The Morgan fingerprint density at radius 1 is 1.17 bits per heavy atom. The molecule has 18 heavy (non-hydrogen) atoms. The van der Waals surface area contributed by atoms with Crippen molar-refractivity contribution in [1.29, 1.82) is 0 Å². The van der Waals surface area contributed by atoms with Crippen LogP contribution in [0.4, 0.5) is 0 Å². The Hall–Kier alpha value is -1.68. The second kappa shape index (κ2) is 6.31. The lowest BCUT2D eigenvalue weighted by molar-refractivity contribution is 0.603. The normalized spacial score (nSPS) is 10.8. The highest BCUT2D eigenvalue weighted by Gasteiger charge is 2.03. The van der Waals surface area contributed by atoms with E-state index in [0.29, 0.717) is 0 Å². The Labute approximate surface area is 108 Å². The maximum atomic E-state index is 4.35. The van der Waals surface area contributed by atoms with Gasteiger partial charge in [-0.1, -0.05) is 13.8 Å². The lowest BCUT2D eigenvalue weighted by atomic mass is 10.1. The Morgan fingerprint density at radius 2 is 2.06 bits per heavy atom. The molecule has 0 saturated heterocycles. The smallest absolute Gasteiger partial charge is 0.0568 e. The first-order valence-corrected chi connectivity index (χ1v) is 6.51. The molecule has 1 N–H and O–H groups in total. The molecule has 4 nitrogen and oxygen atoms in total. The minimum absolute atomic E-state index is 0.862. The van der Waals surface area contributed by atoms with E-state index < -0.39 is 0 Å². The van der Waals surface area contributed by atoms with E-state index in [1.54, 1.807) is 0 Å². The van der Waals surface area contributed by atoms with E-state index >= 15 is 0 Å². The highest BCUT2D eigenvalue weighted by Crippen LogP contribution is 2.18. The standard InChI is InChI=1S/C14H20N4/c1-3-5-18-11-14(10-17-18)13-6-12(7-15-4-2)8-16-9-13/h6,8-11,15H,3-5,7H2,1-2H3. The Bertz CT molecular complexity index is 490. The summed E-state index contributed by atoms with van der Waals surface area (Å²) in [6.07, 6.45) is 8.88. The fraction of sp³-hybridized carbons (Fsp3) is 0.429. The summed E-state index contributed by atoms with van der Waals surface area (Å²) in [5, 5.41) is 7.66. The quantitative estimate of drug-likeness (QED) is 0.848. The van der Waals surface area contributed by atoms with Crippen LogP contribution in [-0.2, 0) is 13.1 Å². The lowest BCUT2D eigenvalue weighted by Gasteiger charge is -2.03. The molecule has 0 fully saturated rings. The molecule has 2 aromatic heterocycles. The summed E-state index contributed by atoms with van der Waals surface area (Å²) in [5.74, 6) is 0. The predicted molar refractivity (Wildman–Crippen MR) is 73.1 cm³/mol. The molecule has 0 atom stereocenters. The summed E-state index contributed by atoms with van der Waals surface area (Å²) >= 11 is 0. The van der Waals surface area contributed by atoms with Gasteiger partial charge in [-0.05, 0) is 24.6 Å². The first kappa shape index (κ1) is 12.8. The van der Waals surface area contributed by atoms with E-state index in [9.17, 15) is 0 Å². The van der Waals surface area contributed by atoms with E-state index in [1.807, 2.05) is 23.3 Å². The second-order valence-electron chi connectivity index (χ2n) is 4.35. The van der Waals surface area contributed by atoms with Gasteiger partial charge in [0, 0.05) is 42.8 Å². The fourth-order valence-corrected chi connectivity index (χ4v) is 1.88. The van der Waals surface area contributed by atoms with Crippen LogP contribution in [0, 0.1) is 0 Å². The monoisotopic (exact) mass is 244 g/mol. The van der Waals surface area contributed by atoms with Gasteiger partial charge in [0.15, 0.2) is 0 Å². The van der Waals surface area contributed by atoms with Gasteiger partial charge in [-0.15, -0.1) is 0 Å². The highest BCUT2D eigenvalue weighted by molar-refractivity contribution is 5.61. The maximum Gasteiger partial charge on any atom is 0.0568 e. The Kier molecular flexibility index (Phi) is 4.47. The second-order valence-corrected chi connectivity index (χ2v) is 4.35. The third-order valence-electron chi connectivity index (χ3n) is 2.79. The molecule has 0 amide bonds. The van der Waals surface area contributed by atoms with Crippen molar-refractivity contribution in [2.24, 2.45) is 0 Å². The molecule has 0 aliphatic carbocycles. The number of hydrogen-bond donors (Lipinski definition) is 1. The molecule has 2 heterocycles. The van der Waals surface area contributed by atoms with Crippen molar-refractivity contribution >= 4 is 0 Å². The molecule has 4 heteroatoms. The first-order valence-electron chi connectivity index (χ1n) is 6.51. The van der Waals surface area contributed by atoms with Gasteiger partial charge in [0.05, 0.1) is 6.20 Å². The zero-order valence-electron chi connectivity index (χ0n) is 11.1. The minimum Gasteiger partial charge on any atom is -0.313 e. The van der Waals surface area contributed by atoms with Gasteiger partial charge >= 0.3 is 0 Å². The molecule has 0 bridgehead atoms. The zero-order valence-corrected chi connectivity index (χ0v) is 11.1. The summed E-state index contributed by atoms with van der Waals surface area (Å²) in [5.41, 5.74) is 3.47. The van der Waals surface area contributed by atoms with E-state index in [4.69, 9.17) is 0 Å². The first-order chi connectivity index (χ1) is 8.83. The van der Waals surface area contributed by atoms with Crippen LogP contribution in [0.2, 0.25) is 0 Å². The Balaban J connectivity index is 2.15. The highest BCUT2D eigenvalue weighted by atomic mass is 15.3. The topological polar surface area (TPSA) is 42.7 Å². The molecule has 0 aromatic carbocycles. The summed E-state index contributed by atoms with van der Waals surface area (Å²) in [4.78, 5) is 4.29. The van der Waals surface area contributed by atoms with Crippen LogP contribution < -0.4 is 5.32 Å². The molecule has 2 aromatic rings. The molecule has 0 aliphatic heterocycles. The van der Waals surface area contributed by atoms with Crippen molar-refractivity contribution in [3.63, 3.8) is 0 Å². The minimum atomic E-state index is 0.862. The number of pyridine rings is 1. The molecule has 0 spiro atoms. The van der Waals surface area contributed by atoms with Crippen LogP contribution in [0.15, 0.2) is 30.9 Å². The largest absolute Gasteiger partial charge is 0.313 e. The van der Waals surface area contributed by atoms with Crippen molar-refractivity contribution < 1.29 is 0 Å². The van der Waals surface area contributed by atoms with Gasteiger partial charge in [-0.2, -0.15) is 5.10 Å². The van der Waals surface area contributed by atoms with Crippen LogP contribution in [-0.4, -0.2) is 21.3 Å². The van der Waals surface area contributed by atoms with Crippen LogP contribution >= 0.6 is 0 Å². The van der Waals surface area contributed by atoms with E-state index in [1.165, 1.54) is 5.56 Å². The van der Waals surface area contributed by atoms with Gasteiger partial charge in [0.1, 0.15) is 0 Å². The molecule has 0 saturated carbocycles. The van der Waals surface area contributed by atoms with Crippen molar-refractivity contribution in [1.82, 2.24) is 20.1 Å². The third kappa shape index (κ3) is 3.17. The molecule has 96 valence electrons. The number of aromatic nitrogens is 3. The SMILES string of the molecule is CCCn1cc(-c2cncc(CNCC)c2)cn1. The van der Waals surface area contributed by atoms with E-state index in [2.05, 4.69) is 41.5 Å². The summed E-state index contributed by atoms with van der Waals surface area (Å²) in [6.45, 7) is 7.05. The van der Waals surface area contributed by atoms with Crippen LogP contribution in [0.25, 0.3) is 11.1 Å². The predicted octanol–water partition coefficient (Wildman–Crippen LogP) is 2.46. The number of nitrogens with one attached hydrogen (secondary N) is 1. The van der Waals surface area contributed by atoms with Gasteiger partial charge in [-0.25, -0.2) is 0 Å². The van der Waals surface area contributed by atoms with E-state index in [0.717, 1.165) is 37.2 Å². The molecular formula is C14H20N4. The summed E-state index contributed by atoms with van der Waals surface area (Å²) in [7, 11) is 0. The Morgan fingerprint density at radius 3 is 2.83 bits per heavy atom. The van der Waals surface area contributed by atoms with Crippen LogP contribution in [0.1, 0.15) is 25.8 Å². The van der Waals surface area contributed by atoms with Gasteiger partial charge in [0.2, 0.25) is 0 Å². The molecule has 0 unspecified atom stereocenters. The molecule has 2 rings (SSSR count). The number of nitrogens with zero attached hydrogens (tertiary/aromatic N) is 3. The molecular weight excluding hydrogens is 224 g/mol. The number of aryl methyl sites for hydroxylation is 1. The molecule has 0 aliphatic rings. The van der Waals surface area contributed by atoms with Gasteiger partial charge in [-0.3, -0.25) is 9.67 Å². The van der Waals surface area contributed by atoms with Crippen molar-refractivity contribution in [3.8, 4) is 11.1 Å². The third-order valence-corrected chi connectivity index (χ3v) is 2.79. The van der Waals surface area contributed by atoms with E-state index in [-0.39, 0.29) is 0 Å². The maximum absolute atomic E-state index is 4.35. The van der Waals surface area contributed by atoms with Crippen molar-refractivity contribution in [2.45, 2.75) is 33.4 Å². The number of rotatable bonds is 6. The molecule has 0 radical (unpaired) electrons. The van der Waals surface area contributed by atoms with Crippen molar-refractivity contribution in [2.75, 3.05) is 6.54 Å². The van der Waals surface area contributed by atoms with Gasteiger partial charge in [0.25, 0.3) is 0 Å². The summed E-state index contributed by atoms with van der Waals surface area (Å²) < 4.78 is 1.98. The zero-order chi connectivity index (χ0) is 12.8. The number of hydrogen-bond acceptors (Lipinski definition) is 3. The average Bonchev–Trinajstić information content (AvgIpc) is 2.86. The lowest BCUT2D eigenvalue weighted by Crippen LogP contribution is -2.11. The van der Waals surface area contributed by atoms with Gasteiger partial charge < -0.3 is 5.32 Å². The van der Waals surface area contributed by atoms with Crippen LogP contribution in [0.5, 0.6) is 0 Å². The fourth-order valence-electron chi connectivity index (χ4n) is 1.88. The van der Waals surface area contributed by atoms with Crippen molar-refractivity contribution in [3.05, 3.63) is 36.4 Å². The van der Waals surface area contributed by atoms with Crippen LogP contribution in [0.3, 0.4) is 0 Å².